The zero-order valence-electron chi connectivity index (χ0n) is 18.6. The number of nitrogens with zero attached hydrogens (tertiary/aromatic N) is 3. The van der Waals surface area contributed by atoms with Crippen molar-refractivity contribution in [3.63, 3.8) is 0 Å². The number of halogens is 4. The number of pyridine rings is 2. The highest BCUT2D eigenvalue weighted by Gasteiger charge is 2.60. The standard InChI is InChI=1S/C26H25F4N3O/c27-23-21(5-3-11-31-23)22-6-4-14-33(24(22)34)13-2-1-12-32-16-20-15-25(20,17-32)18-7-9-19(10-8-18)26(28,29)30/h3-11,14,20H,1-2,12-13,15-17H2/t20-,25+/m0/s1. The number of fused-ring (bicyclic) bond motifs is 1. The number of hydrogen-bond acceptors (Lipinski definition) is 3. The molecule has 3 aromatic rings. The number of piperidine rings is 1. The molecule has 2 aliphatic rings. The summed E-state index contributed by atoms with van der Waals surface area (Å²) in [4.78, 5) is 18.8. The van der Waals surface area contributed by atoms with Gasteiger partial charge in [-0.2, -0.15) is 17.6 Å². The number of hydrogen-bond donors (Lipinski definition) is 0. The molecule has 0 spiro atoms. The first-order valence-corrected chi connectivity index (χ1v) is 11.5. The second kappa shape index (κ2) is 8.65. The van der Waals surface area contributed by atoms with E-state index < -0.39 is 17.7 Å². The molecule has 0 unspecified atom stereocenters. The molecule has 5 rings (SSSR count). The van der Waals surface area contributed by atoms with Gasteiger partial charge >= 0.3 is 6.18 Å². The first-order valence-electron chi connectivity index (χ1n) is 11.5. The molecule has 0 bridgehead atoms. The maximum absolute atomic E-state index is 14.0. The number of likely N-dealkylation sites (tertiary alicyclic amines) is 1. The summed E-state index contributed by atoms with van der Waals surface area (Å²) in [6.07, 6.45) is 1.48. The highest BCUT2D eigenvalue weighted by Crippen LogP contribution is 2.59. The first kappa shape index (κ1) is 22.8. The average molecular weight is 471 g/mol. The maximum atomic E-state index is 14.0. The van der Waals surface area contributed by atoms with Gasteiger partial charge in [0.25, 0.3) is 5.56 Å². The summed E-state index contributed by atoms with van der Waals surface area (Å²) in [7, 11) is 0. The fraction of sp³-hybridized carbons (Fsp3) is 0.385. The van der Waals surface area contributed by atoms with E-state index in [2.05, 4.69) is 9.88 Å². The highest BCUT2D eigenvalue weighted by molar-refractivity contribution is 5.61. The molecule has 4 nitrogen and oxygen atoms in total. The van der Waals surface area contributed by atoms with Crippen molar-refractivity contribution < 1.29 is 17.6 Å². The lowest BCUT2D eigenvalue weighted by atomic mass is 9.94. The van der Waals surface area contributed by atoms with E-state index in [9.17, 15) is 22.4 Å². The van der Waals surface area contributed by atoms with Crippen LogP contribution in [0.15, 0.2) is 65.7 Å². The van der Waals surface area contributed by atoms with Crippen LogP contribution in [0.2, 0.25) is 0 Å². The number of rotatable bonds is 7. The summed E-state index contributed by atoms with van der Waals surface area (Å²) in [5.41, 5.74) is 0.642. The van der Waals surface area contributed by atoms with Crippen molar-refractivity contribution in [3.8, 4) is 11.1 Å². The molecule has 178 valence electrons. The minimum atomic E-state index is -4.31. The van der Waals surface area contributed by atoms with Crippen LogP contribution in [0.3, 0.4) is 0 Å². The molecule has 34 heavy (non-hydrogen) atoms. The van der Waals surface area contributed by atoms with Crippen molar-refractivity contribution in [2.75, 3.05) is 19.6 Å². The van der Waals surface area contributed by atoms with E-state index in [0.29, 0.717) is 18.0 Å². The zero-order chi connectivity index (χ0) is 23.9. The van der Waals surface area contributed by atoms with E-state index in [-0.39, 0.29) is 16.5 Å². The van der Waals surface area contributed by atoms with Crippen LogP contribution in [0.1, 0.15) is 30.4 Å². The van der Waals surface area contributed by atoms with Gasteiger partial charge in [0.05, 0.1) is 11.1 Å². The van der Waals surface area contributed by atoms with E-state index in [1.54, 1.807) is 47.2 Å². The Hall–Kier alpha value is -3.00. The molecule has 2 fully saturated rings. The van der Waals surface area contributed by atoms with E-state index in [4.69, 9.17) is 0 Å². The van der Waals surface area contributed by atoms with Crippen molar-refractivity contribution >= 4 is 0 Å². The first-order chi connectivity index (χ1) is 16.3. The normalized spacial score (nSPS) is 22.1. The highest BCUT2D eigenvalue weighted by atomic mass is 19.4. The Morgan fingerprint density at radius 2 is 1.74 bits per heavy atom. The van der Waals surface area contributed by atoms with Crippen LogP contribution in [0.4, 0.5) is 17.6 Å². The van der Waals surface area contributed by atoms with Gasteiger partial charge in [-0.3, -0.25) is 4.79 Å². The molecule has 1 saturated carbocycles. The number of alkyl halides is 3. The SMILES string of the molecule is O=c1c(-c2cccnc2F)cccn1CCCCN1C[C@@H]2C[C@]2(c2ccc(C(F)(F)F)cc2)C1. The van der Waals surface area contributed by atoms with Crippen LogP contribution in [0, 0.1) is 11.9 Å². The lowest BCUT2D eigenvalue weighted by molar-refractivity contribution is -0.137. The quantitative estimate of drug-likeness (QED) is 0.273. The van der Waals surface area contributed by atoms with E-state index in [0.717, 1.165) is 44.5 Å². The molecule has 1 saturated heterocycles. The third kappa shape index (κ3) is 4.27. The van der Waals surface area contributed by atoms with Crippen LogP contribution in [0.25, 0.3) is 11.1 Å². The molecule has 8 heteroatoms. The molecule has 2 atom stereocenters. The predicted molar refractivity (Wildman–Crippen MR) is 121 cm³/mol. The number of unbranched alkanes of at least 4 members (excludes halogenated alkanes) is 1. The topological polar surface area (TPSA) is 38.1 Å². The molecule has 0 N–H and O–H groups in total. The molecule has 1 aliphatic carbocycles. The Labute approximate surface area is 194 Å². The monoisotopic (exact) mass is 471 g/mol. The fourth-order valence-electron chi connectivity index (χ4n) is 5.32. The smallest absolute Gasteiger partial charge is 0.315 e. The van der Waals surface area contributed by atoms with Gasteiger partial charge in [0.1, 0.15) is 0 Å². The Morgan fingerprint density at radius 3 is 2.47 bits per heavy atom. The van der Waals surface area contributed by atoms with Crippen molar-refractivity contribution in [3.05, 3.63) is 88.4 Å². The van der Waals surface area contributed by atoms with E-state index in [1.165, 1.54) is 18.3 Å². The zero-order valence-corrected chi connectivity index (χ0v) is 18.6. The molecular formula is C26H25F4N3O. The second-order valence-electron chi connectivity index (χ2n) is 9.34. The van der Waals surface area contributed by atoms with Crippen LogP contribution >= 0.6 is 0 Å². The number of aryl methyl sites for hydroxylation is 1. The van der Waals surface area contributed by atoms with Crippen molar-refractivity contribution in [1.29, 1.82) is 0 Å². The summed E-state index contributed by atoms with van der Waals surface area (Å²) in [6, 6.07) is 12.1. The van der Waals surface area contributed by atoms with E-state index in [1.807, 2.05) is 0 Å². The molecule has 2 aromatic heterocycles. The Balaban J connectivity index is 1.15. The Kier molecular flexibility index (Phi) is 5.80. The van der Waals surface area contributed by atoms with Gasteiger partial charge in [-0.05, 0) is 73.7 Å². The molecule has 1 aromatic carbocycles. The maximum Gasteiger partial charge on any atom is 0.416 e. The van der Waals surface area contributed by atoms with Gasteiger partial charge in [-0.25, -0.2) is 4.98 Å². The van der Waals surface area contributed by atoms with Gasteiger partial charge in [-0.15, -0.1) is 0 Å². The van der Waals surface area contributed by atoms with Crippen LogP contribution in [-0.2, 0) is 18.1 Å². The lowest BCUT2D eigenvalue weighted by Gasteiger charge is -2.21. The van der Waals surface area contributed by atoms with Crippen LogP contribution < -0.4 is 5.56 Å². The van der Waals surface area contributed by atoms with Crippen molar-refractivity contribution in [2.45, 2.75) is 37.4 Å². The largest absolute Gasteiger partial charge is 0.416 e. The molecule has 0 amide bonds. The van der Waals surface area contributed by atoms with Gasteiger partial charge in [0, 0.05) is 43.0 Å². The van der Waals surface area contributed by atoms with Crippen molar-refractivity contribution in [1.82, 2.24) is 14.5 Å². The number of benzene rings is 1. The molecule has 1 aliphatic heterocycles. The van der Waals surface area contributed by atoms with Crippen LogP contribution in [0.5, 0.6) is 0 Å². The fourth-order valence-corrected chi connectivity index (χ4v) is 5.32. The summed E-state index contributed by atoms with van der Waals surface area (Å²) < 4.78 is 54.2. The average Bonchev–Trinajstić information content (AvgIpc) is 3.39. The minimum Gasteiger partial charge on any atom is -0.315 e. The van der Waals surface area contributed by atoms with Gasteiger partial charge in [0.15, 0.2) is 0 Å². The summed E-state index contributed by atoms with van der Waals surface area (Å²) in [6.45, 7) is 3.23. The molecule has 0 radical (unpaired) electrons. The molecule has 3 heterocycles. The third-order valence-electron chi connectivity index (χ3n) is 7.20. The summed E-state index contributed by atoms with van der Waals surface area (Å²) in [5.74, 6) is -0.162. The number of aromatic nitrogens is 2. The lowest BCUT2D eigenvalue weighted by Crippen LogP contribution is -2.28. The van der Waals surface area contributed by atoms with Crippen LogP contribution in [-0.4, -0.2) is 34.1 Å². The third-order valence-corrected chi connectivity index (χ3v) is 7.20. The van der Waals surface area contributed by atoms with Crippen molar-refractivity contribution in [2.24, 2.45) is 5.92 Å². The van der Waals surface area contributed by atoms with E-state index >= 15 is 0 Å². The molecular weight excluding hydrogens is 446 g/mol. The van der Waals surface area contributed by atoms with Gasteiger partial charge in [0.2, 0.25) is 5.95 Å². The predicted octanol–water partition coefficient (Wildman–Crippen LogP) is 5.12. The minimum absolute atomic E-state index is 0.0107. The summed E-state index contributed by atoms with van der Waals surface area (Å²) in [5, 5.41) is 0. The Morgan fingerprint density at radius 1 is 1.00 bits per heavy atom. The van der Waals surface area contributed by atoms with Gasteiger partial charge in [-0.1, -0.05) is 12.1 Å². The van der Waals surface area contributed by atoms with Gasteiger partial charge < -0.3 is 9.47 Å². The second-order valence-corrected chi connectivity index (χ2v) is 9.34. The Bertz CT molecular complexity index is 1240. The summed E-state index contributed by atoms with van der Waals surface area (Å²) >= 11 is 0.